The second kappa shape index (κ2) is 7.92. The van der Waals surface area contributed by atoms with Gasteiger partial charge in [-0.3, -0.25) is 4.79 Å². The first-order valence-electron chi connectivity index (χ1n) is 4.63. The fraction of sp³-hybridized carbons (Fsp3) is 0.167. The van der Waals surface area contributed by atoms with Crippen LogP contribution < -0.4 is 18.9 Å². The Bertz CT molecular complexity index is 365. The molecule has 0 aliphatic carbocycles. The fourth-order valence-corrected chi connectivity index (χ4v) is 1.10. The third kappa shape index (κ3) is 5.55. The van der Waals surface area contributed by atoms with Crippen LogP contribution in [0.5, 0.6) is 0 Å². The summed E-state index contributed by atoms with van der Waals surface area (Å²) in [7, 11) is 0. The first-order chi connectivity index (χ1) is 7.22. The molecule has 1 aromatic carbocycles. The van der Waals surface area contributed by atoms with E-state index in [1.807, 2.05) is 30.3 Å². The molecule has 1 aromatic rings. The van der Waals surface area contributed by atoms with E-state index in [1.54, 1.807) is 0 Å². The molecule has 0 saturated carbocycles. The normalized spacial score (nSPS) is 8.75. The van der Waals surface area contributed by atoms with Gasteiger partial charge in [-0.1, -0.05) is 36.9 Å². The van der Waals surface area contributed by atoms with Crippen LogP contribution in [0.1, 0.15) is 13.4 Å². The number of benzene rings is 1. The molecule has 0 fully saturated rings. The summed E-state index contributed by atoms with van der Waals surface area (Å²) in [5, 5.41) is 0. The van der Waals surface area contributed by atoms with Crippen LogP contribution in [0.15, 0.2) is 43.0 Å². The van der Waals surface area contributed by atoms with Crippen LogP contribution in [0.4, 0.5) is 0 Å². The van der Waals surface area contributed by atoms with Crippen molar-refractivity contribution in [2.75, 3.05) is 0 Å². The number of rotatable bonds is 4. The zero-order valence-corrected chi connectivity index (χ0v) is 9.31. The van der Waals surface area contributed by atoms with Crippen molar-refractivity contribution in [3.05, 3.63) is 48.6 Å². The van der Waals surface area contributed by atoms with Gasteiger partial charge in [0.1, 0.15) is 0 Å². The molecule has 0 radical (unpaired) electrons. The van der Waals surface area contributed by atoms with E-state index in [9.17, 15) is 9.59 Å². The fourth-order valence-electron chi connectivity index (χ4n) is 1.10. The molecule has 0 spiro atoms. The van der Waals surface area contributed by atoms with Gasteiger partial charge in [0.2, 0.25) is 0 Å². The minimum atomic E-state index is -0.701. The zero-order valence-electron chi connectivity index (χ0n) is 10.3. The molecule has 0 bridgehead atoms. The molecule has 0 amide bonds. The molecule has 16 heavy (non-hydrogen) atoms. The van der Waals surface area contributed by atoms with Gasteiger partial charge < -0.3 is 6.16 Å². The Hall–Kier alpha value is -1.30. The topological polar surface area (TPSA) is 43.4 Å². The van der Waals surface area contributed by atoms with Gasteiger partial charge in [-0.25, -0.2) is 4.79 Å². The maximum absolute atomic E-state index is 11.1. The van der Waals surface area contributed by atoms with Gasteiger partial charge in [-0.05, 0) is 12.0 Å². The van der Waals surface area contributed by atoms with Gasteiger partial charge in [-0.15, -0.1) is 0 Å². The van der Waals surface area contributed by atoms with Gasteiger partial charge >= 0.3 is 30.8 Å². The average Bonchev–Trinajstić information content (AvgIpc) is 2.27. The van der Waals surface area contributed by atoms with Crippen molar-refractivity contribution in [1.82, 2.24) is 0 Å². The van der Waals surface area contributed by atoms with E-state index in [4.69, 9.17) is 0 Å². The van der Waals surface area contributed by atoms with Gasteiger partial charge in [-0.2, -0.15) is 0 Å². The second-order valence-corrected chi connectivity index (χ2v) is 2.98. The van der Waals surface area contributed by atoms with Crippen molar-refractivity contribution in [1.29, 1.82) is 0 Å². The van der Waals surface area contributed by atoms with Gasteiger partial charge in [0.15, 0.2) is 0 Å². The summed E-state index contributed by atoms with van der Waals surface area (Å²) in [6.07, 6.45) is 1.74. The van der Waals surface area contributed by atoms with Crippen LogP contribution in [-0.2, 0) is 20.7 Å². The Morgan fingerprint density at radius 2 is 1.94 bits per heavy atom. The van der Waals surface area contributed by atoms with Gasteiger partial charge in [0, 0.05) is 6.08 Å². The van der Waals surface area contributed by atoms with E-state index in [2.05, 4.69) is 11.3 Å². The standard InChI is InChI=1S/C12H12O3.Li.H/c1-2-11(13)15-12(14)9-8-10-6-4-3-5-7-10;;/h2-7H,1,8-9H2;;/q;+1;-1. The smallest absolute Gasteiger partial charge is 1.00 e. The van der Waals surface area contributed by atoms with Crippen molar-refractivity contribution in [2.24, 2.45) is 0 Å². The van der Waals surface area contributed by atoms with E-state index in [-0.39, 0.29) is 26.7 Å². The Balaban J connectivity index is 0. The summed E-state index contributed by atoms with van der Waals surface area (Å²) >= 11 is 0. The average molecular weight is 212 g/mol. The molecule has 0 atom stereocenters. The first kappa shape index (κ1) is 14.7. The molecule has 0 N–H and O–H groups in total. The van der Waals surface area contributed by atoms with Crippen molar-refractivity contribution < 1.29 is 34.6 Å². The number of hydrogen-bond donors (Lipinski definition) is 0. The van der Waals surface area contributed by atoms with Crippen LogP contribution in [0.3, 0.4) is 0 Å². The van der Waals surface area contributed by atoms with Crippen molar-refractivity contribution in [3.63, 3.8) is 0 Å². The molecule has 1 rings (SSSR count). The Labute approximate surface area is 108 Å². The third-order valence-corrected chi connectivity index (χ3v) is 1.84. The number of esters is 2. The summed E-state index contributed by atoms with van der Waals surface area (Å²) in [5.41, 5.74) is 1.04. The van der Waals surface area contributed by atoms with Crippen LogP contribution in [-0.4, -0.2) is 11.9 Å². The van der Waals surface area contributed by atoms with Gasteiger partial charge in [0.05, 0.1) is 6.42 Å². The van der Waals surface area contributed by atoms with E-state index in [0.717, 1.165) is 11.6 Å². The van der Waals surface area contributed by atoms with E-state index in [0.29, 0.717) is 6.42 Å². The molecule has 4 heteroatoms. The molecule has 0 saturated heterocycles. The summed E-state index contributed by atoms with van der Waals surface area (Å²) in [6, 6.07) is 9.54. The van der Waals surface area contributed by atoms with Crippen LogP contribution in [0.25, 0.3) is 0 Å². The second-order valence-electron chi connectivity index (χ2n) is 2.98. The zero-order chi connectivity index (χ0) is 11.1. The molecular formula is C12H13LiO3. The summed E-state index contributed by atoms with van der Waals surface area (Å²) in [4.78, 5) is 21.8. The van der Waals surface area contributed by atoms with E-state index >= 15 is 0 Å². The van der Waals surface area contributed by atoms with Crippen LogP contribution in [0, 0.1) is 0 Å². The summed E-state index contributed by atoms with van der Waals surface area (Å²) < 4.78 is 4.43. The quantitative estimate of drug-likeness (QED) is 0.278. The maximum Gasteiger partial charge on any atom is 1.00 e. The number of ether oxygens (including phenoxy) is 1. The summed E-state index contributed by atoms with van der Waals surface area (Å²) in [5.74, 6) is -1.23. The van der Waals surface area contributed by atoms with E-state index in [1.165, 1.54) is 0 Å². The number of aryl methyl sites for hydroxylation is 1. The van der Waals surface area contributed by atoms with Crippen molar-refractivity contribution in [2.45, 2.75) is 12.8 Å². The molecular weight excluding hydrogens is 199 g/mol. The van der Waals surface area contributed by atoms with Crippen molar-refractivity contribution >= 4 is 11.9 Å². The number of hydrogen-bond acceptors (Lipinski definition) is 3. The van der Waals surface area contributed by atoms with Crippen LogP contribution >= 0.6 is 0 Å². The molecule has 80 valence electrons. The van der Waals surface area contributed by atoms with Crippen molar-refractivity contribution in [3.8, 4) is 0 Å². The summed E-state index contributed by atoms with van der Waals surface area (Å²) in [6.45, 7) is 3.21. The Morgan fingerprint density at radius 1 is 1.31 bits per heavy atom. The number of carbonyl (C=O) groups is 2. The first-order valence-corrected chi connectivity index (χ1v) is 4.63. The van der Waals surface area contributed by atoms with E-state index < -0.39 is 11.9 Å². The molecule has 0 aromatic heterocycles. The molecule has 0 aliphatic rings. The predicted molar refractivity (Wildman–Crippen MR) is 57.2 cm³/mol. The predicted octanol–water partition coefficient (Wildman–Crippen LogP) is -1.01. The molecule has 0 heterocycles. The maximum atomic E-state index is 11.1. The molecule has 3 nitrogen and oxygen atoms in total. The SMILES string of the molecule is C=CC(=O)OC(=O)CCc1ccccc1.[H-].[Li+]. The monoisotopic (exact) mass is 212 g/mol. The Kier molecular flexibility index (Phi) is 7.28. The largest absolute Gasteiger partial charge is 1.00 e. The minimum Gasteiger partial charge on any atom is -1.00 e. The molecule has 0 unspecified atom stereocenters. The van der Waals surface area contributed by atoms with Crippen LogP contribution in [0.2, 0.25) is 0 Å². The third-order valence-electron chi connectivity index (χ3n) is 1.84. The minimum absolute atomic E-state index is 0. The number of carbonyl (C=O) groups excluding carboxylic acids is 2. The Morgan fingerprint density at radius 3 is 2.50 bits per heavy atom. The molecule has 0 aliphatic heterocycles. The van der Waals surface area contributed by atoms with Gasteiger partial charge in [0.25, 0.3) is 0 Å².